The van der Waals surface area contributed by atoms with Crippen LogP contribution < -0.4 is 14.8 Å². The van der Waals surface area contributed by atoms with Crippen molar-refractivity contribution in [2.75, 3.05) is 20.8 Å². The fourth-order valence-electron chi connectivity index (χ4n) is 4.03. The van der Waals surface area contributed by atoms with Crippen LogP contribution in [0.5, 0.6) is 11.5 Å². The van der Waals surface area contributed by atoms with Crippen molar-refractivity contribution in [1.82, 2.24) is 5.32 Å². The summed E-state index contributed by atoms with van der Waals surface area (Å²) in [7, 11) is 3.27. The maximum absolute atomic E-state index is 12.1. The van der Waals surface area contributed by atoms with Gasteiger partial charge in [-0.15, -0.1) is 0 Å². The normalized spacial score (nSPS) is 19.9. The van der Waals surface area contributed by atoms with Crippen LogP contribution in [0.25, 0.3) is 5.70 Å². The Balaban J connectivity index is 2.06. The quantitative estimate of drug-likeness (QED) is 0.669. The predicted octanol–water partition coefficient (Wildman–Crippen LogP) is 3.46. The topological polar surface area (TPSA) is 56.8 Å². The summed E-state index contributed by atoms with van der Waals surface area (Å²) in [5.41, 5.74) is 3.02. The lowest BCUT2D eigenvalue weighted by Crippen LogP contribution is -2.50. The maximum Gasteiger partial charge on any atom is 0.332 e. The summed E-state index contributed by atoms with van der Waals surface area (Å²) in [6, 6.07) is 3.99. The summed E-state index contributed by atoms with van der Waals surface area (Å²) in [6.07, 6.45) is 8.43. The van der Waals surface area contributed by atoms with Gasteiger partial charge in [0.1, 0.15) is 0 Å². The highest BCUT2D eigenvalue weighted by Crippen LogP contribution is 2.42. The lowest BCUT2D eigenvalue weighted by Gasteiger charge is -2.44. The van der Waals surface area contributed by atoms with Crippen LogP contribution in [0.3, 0.4) is 0 Å². The third-order valence-electron chi connectivity index (χ3n) is 5.19. The Bertz CT molecular complexity index is 675. The molecule has 1 aromatic carbocycles. The van der Waals surface area contributed by atoms with E-state index in [2.05, 4.69) is 5.32 Å². The van der Waals surface area contributed by atoms with Crippen molar-refractivity contribution in [1.29, 1.82) is 0 Å². The zero-order valence-corrected chi connectivity index (χ0v) is 15.3. The van der Waals surface area contributed by atoms with E-state index >= 15 is 0 Å². The lowest BCUT2D eigenvalue weighted by atomic mass is 9.73. The van der Waals surface area contributed by atoms with Crippen molar-refractivity contribution in [3.8, 4) is 11.5 Å². The van der Waals surface area contributed by atoms with E-state index in [1.807, 2.05) is 19.1 Å². The molecule has 0 aromatic heterocycles. The van der Waals surface area contributed by atoms with Crippen LogP contribution >= 0.6 is 0 Å². The highest BCUT2D eigenvalue weighted by molar-refractivity contribution is 5.92. The van der Waals surface area contributed by atoms with Gasteiger partial charge < -0.3 is 19.5 Å². The van der Waals surface area contributed by atoms with Gasteiger partial charge in [-0.25, -0.2) is 4.79 Å². The number of carbonyl (C=O) groups excluding carboxylic acids is 1. The van der Waals surface area contributed by atoms with Crippen LogP contribution in [0, 0.1) is 0 Å². The lowest BCUT2D eigenvalue weighted by molar-refractivity contribution is -0.137. The van der Waals surface area contributed by atoms with E-state index < -0.39 is 0 Å². The minimum atomic E-state index is -0.321. The average molecular weight is 345 g/mol. The Hall–Kier alpha value is -2.17. The average Bonchev–Trinajstić information content (AvgIpc) is 2.61. The molecule has 5 heteroatoms. The fourth-order valence-corrected chi connectivity index (χ4v) is 4.03. The molecule has 136 valence electrons. The van der Waals surface area contributed by atoms with E-state index in [1.165, 1.54) is 24.8 Å². The molecule has 1 N–H and O–H groups in total. The van der Waals surface area contributed by atoms with Gasteiger partial charge in [-0.3, -0.25) is 0 Å². The third kappa shape index (κ3) is 3.60. The summed E-state index contributed by atoms with van der Waals surface area (Å²) >= 11 is 0. The molecule has 0 unspecified atom stereocenters. The van der Waals surface area contributed by atoms with Crippen molar-refractivity contribution in [3.05, 3.63) is 29.3 Å². The van der Waals surface area contributed by atoms with Crippen molar-refractivity contribution in [2.45, 2.75) is 51.0 Å². The molecule has 1 saturated carbocycles. The SMILES string of the molecule is CCOC(=O)/C=C1/NC2(CCCCC2)Cc2cc(OC)c(OC)cc21. The van der Waals surface area contributed by atoms with E-state index in [1.54, 1.807) is 20.3 Å². The number of nitrogens with one attached hydrogen (secondary N) is 1. The van der Waals surface area contributed by atoms with E-state index in [9.17, 15) is 4.79 Å². The van der Waals surface area contributed by atoms with Gasteiger partial charge in [0, 0.05) is 22.9 Å². The van der Waals surface area contributed by atoms with Crippen LogP contribution in [0.2, 0.25) is 0 Å². The highest BCUT2D eigenvalue weighted by atomic mass is 16.5. The smallest absolute Gasteiger partial charge is 0.332 e. The number of ether oxygens (including phenoxy) is 3. The van der Waals surface area contributed by atoms with Gasteiger partial charge in [-0.2, -0.15) is 0 Å². The van der Waals surface area contributed by atoms with Gasteiger partial charge in [0.05, 0.1) is 20.8 Å². The minimum absolute atomic E-state index is 0.0170. The summed E-state index contributed by atoms with van der Waals surface area (Å²) in [5, 5.41) is 3.67. The molecule has 1 aromatic rings. The highest BCUT2D eigenvalue weighted by Gasteiger charge is 2.38. The molecular formula is C20H27NO4. The molecule has 5 nitrogen and oxygen atoms in total. The van der Waals surface area contributed by atoms with Gasteiger partial charge in [0.25, 0.3) is 0 Å². The maximum atomic E-state index is 12.1. The number of rotatable bonds is 4. The molecule has 0 atom stereocenters. The number of esters is 1. The van der Waals surface area contributed by atoms with Crippen LogP contribution in [-0.4, -0.2) is 32.3 Å². The molecule has 0 amide bonds. The van der Waals surface area contributed by atoms with Gasteiger partial charge in [0.15, 0.2) is 11.5 Å². The second-order valence-corrected chi connectivity index (χ2v) is 6.82. The third-order valence-corrected chi connectivity index (χ3v) is 5.19. The van der Waals surface area contributed by atoms with Crippen molar-refractivity contribution in [2.24, 2.45) is 0 Å². The van der Waals surface area contributed by atoms with Crippen LogP contribution in [0.15, 0.2) is 18.2 Å². The molecule has 1 spiro atoms. The largest absolute Gasteiger partial charge is 0.493 e. The van der Waals surface area contributed by atoms with Crippen LogP contribution in [0.4, 0.5) is 0 Å². The Kier molecular flexibility index (Phi) is 5.21. The Labute approximate surface area is 149 Å². The second kappa shape index (κ2) is 7.38. The number of methoxy groups -OCH3 is 2. The standard InChI is InChI=1S/C20H27NO4/c1-4-25-19(22)12-16-15-11-18(24-3)17(23-2)10-14(15)13-20(21-16)8-6-5-7-9-20/h10-12,21H,4-9,13H2,1-3H3/b16-12+. The Morgan fingerprint density at radius 1 is 1.16 bits per heavy atom. The second-order valence-electron chi connectivity index (χ2n) is 6.82. The molecule has 0 radical (unpaired) electrons. The van der Waals surface area contributed by atoms with Gasteiger partial charge in [-0.1, -0.05) is 19.3 Å². The summed E-state index contributed by atoms with van der Waals surface area (Å²) in [4.78, 5) is 12.1. The Morgan fingerprint density at radius 3 is 2.48 bits per heavy atom. The van der Waals surface area contributed by atoms with E-state index in [0.29, 0.717) is 12.4 Å². The number of carbonyl (C=O) groups is 1. The van der Waals surface area contributed by atoms with E-state index in [0.717, 1.165) is 36.3 Å². The zero-order chi connectivity index (χ0) is 17.9. The number of hydrogen-bond donors (Lipinski definition) is 1. The minimum Gasteiger partial charge on any atom is -0.493 e. The number of fused-ring (bicyclic) bond motifs is 1. The first-order valence-corrected chi connectivity index (χ1v) is 9.03. The monoisotopic (exact) mass is 345 g/mol. The summed E-state index contributed by atoms with van der Waals surface area (Å²) < 4.78 is 16.0. The molecule has 1 heterocycles. The van der Waals surface area contributed by atoms with Gasteiger partial charge in [-0.05, 0) is 43.9 Å². The molecule has 0 saturated heterocycles. The molecular weight excluding hydrogens is 318 g/mol. The van der Waals surface area contributed by atoms with Crippen LogP contribution in [0.1, 0.15) is 50.2 Å². The first-order valence-electron chi connectivity index (χ1n) is 9.03. The molecule has 1 fully saturated rings. The first-order chi connectivity index (χ1) is 12.1. The molecule has 3 rings (SSSR count). The van der Waals surface area contributed by atoms with Gasteiger partial charge >= 0.3 is 5.97 Å². The molecule has 0 bridgehead atoms. The van der Waals surface area contributed by atoms with E-state index in [-0.39, 0.29) is 11.5 Å². The summed E-state index contributed by atoms with van der Waals surface area (Å²) in [6.45, 7) is 2.18. The van der Waals surface area contributed by atoms with Crippen molar-refractivity contribution >= 4 is 11.7 Å². The van der Waals surface area contributed by atoms with Crippen LogP contribution in [-0.2, 0) is 16.0 Å². The molecule has 1 aliphatic carbocycles. The molecule has 1 aliphatic heterocycles. The fraction of sp³-hybridized carbons (Fsp3) is 0.550. The van der Waals surface area contributed by atoms with Crippen molar-refractivity contribution in [3.63, 3.8) is 0 Å². The first kappa shape index (κ1) is 17.6. The zero-order valence-electron chi connectivity index (χ0n) is 15.3. The Morgan fingerprint density at radius 2 is 1.84 bits per heavy atom. The van der Waals surface area contributed by atoms with E-state index in [4.69, 9.17) is 14.2 Å². The molecule has 2 aliphatic rings. The number of hydrogen-bond acceptors (Lipinski definition) is 5. The van der Waals surface area contributed by atoms with Crippen molar-refractivity contribution < 1.29 is 19.0 Å². The molecule has 25 heavy (non-hydrogen) atoms. The van der Waals surface area contributed by atoms with Gasteiger partial charge in [0.2, 0.25) is 0 Å². The predicted molar refractivity (Wildman–Crippen MR) is 96.8 cm³/mol. The summed E-state index contributed by atoms with van der Waals surface area (Å²) in [5.74, 6) is 1.07. The number of benzene rings is 1.